The molecule has 0 bridgehead atoms. The lowest BCUT2D eigenvalue weighted by Crippen LogP contribution is -2.37. The van der Waals surface area contributed by atoms with Gasteiger partial charge >= 0.3 is 0 Å². The van der Waals surface area contributed by atoms with Gasteiger partial charge in [0.2, 0.25) is 0 Å². The smallest absolute Gasteiger partial charge is 0.253 e. The Kier molecular flexibility index (Phi) is 5.48. The highest BCUT2D eigenvalue weighted by atomic mass is 32.2. The largest absolute Gasteiger partial charge is 0.355 e. The summed E-state index contributed by atoms with van der Waals surface area (Å²) in [6.45, 7) is 6.81. The van der Waals surface area contributed by atoms with Crippen molar-refractivity contribution >= 4 is 17.6 Å². The van der Waals surface area contributed by atoms with Gasteiger partial charge in [-0.2, -0.15) is 16.9 Å². The fourth-order valence-corrected chi connectivity index (χ4v) is 4.75. The van der Waals surface area contributed by atoms with Crippen LogP contribution in [0.5, 0.6) is 0 Å². The molecule has 2 aromatic heterocycles. The predicted molar refractivity (Wildman–Crippen MR) is 109 cm³/mol. The van der Waals surface area contributed by atoms with Gasteiger partial charge in [0.25, 0.3) is 5.56 Å². The number of aryl methyl sites for hydroxylation is 1. The fourth-order valence-electron chi connectivity index (χ4n) is 3.80. The molecule has 0 aromatic carbocycles. The molecule has 0 amide bonds. The van der Waals surface area contributed by atoms with E-state index in [-0.39, 0.29) is 11.5 Å². The third-order valence-electron chi connectivity index (χ3n) is 5.57. The number of thioether (sulfide) groups is 1. The van der Waals surface area contributed by atoms with Crippen molar-refractivity contribution in [2.75, 3.05) is 23.7 Å². The average molecular weight is 386 g/mol. The molecule has 2 aromatic rings. The summed E-state index contributed by atoms with van der Waals surface area (Å²) in [7, 11) is 0. The first-order valence-corrected chi connectivity index (χ1v) is 11.0. The molecule has 0 aliphatic carbocycles. The molecule has 0 N–H and O–H groups in total. The Bertz CT molecular complexity index is 858. The van der Waals surface area contributed by atoms with Crippen molar-refractivity contribution in [2.45, 2.75) is 51.3 Å². The Labute approximate surface area is 164 Å². The highest BCUT2D eigenvalue weighted by molar-refractivity contribution is 7.98. The van der Waals surface area contributed by atoms with E-state index in [1.54, 1.807) is 17.0 Å². The van der Waals surface area contributed by atoms with Crippen LogP contribution in [-0.2, 0) is 18.7 Å². The van der Waals surface area contributed by atoms with Gasteiger partial charge in [-0.25, -0.2) is 4.98 Å². The van der Waals surface area contributed by atoms with Crippen molar-refractivity contribution in [3.05, 3.63) is 45.8 Å². The maximum absolute atomic E-state index is 12.3. The summed E-state index contributed by atoms with van der Waals surface area (Å²) in [6, 6.07) is 3.91. The van der Waals surface area contributed by atoms with Crippen molar-refractivity contribution in [3.63, 3.8) is 0 Å². The topological polar surface area (TPSA) is 63.9 Å². The molecule has 4 heterocycles. The van der Waals surface area contributed by atoms with Gasteiger partial charge in [0, 0.05) is 37.9 Å². The Hall–Kier alpha value is -1.89. The Morgan fingerprint density at radius 2 is 2.04 bits per heavy atom. The number of anilines is 1. The van der Waals surface area contributed by atoms with Gasteiger partial charge in [-0.3, -0.25) is 9.36 Å². The summed E-state index contributed by atoms with van der Waals surface area (Å²) >= 11 is 1.97. The van der Waals surface area contributed by atoms with Crippen LogP contribution in [0.4, 0.5) is 5.82 Å². The van der Waals surface area contributed by atoms with Crippen LogP contribution in [0.3, 0.4) is 0 Å². The molecule has 7 heteroatoms. The summed E-state index contributed by atoms with van der Waals surface area (Å²) in [6.07, 6.45) is 4.88. The maximum Gasteiger partial charge on any atom is 0.253 e. The van der Waals surface area contributed by atoms with E-state index < -0.39 is 0 Å². The van der Waals surface area contributed by atoms with E-state index in [1.807, 2.05) is 11.8 Å². The van der Waals surface area contributed by atoms with Crippen molar-refractivity contribution in [3.8, 4) is 0 Å². The summed E-state index contributed by atoms with van der Waals surface area (Å²) in [4.78, 5) is 19.1. The van der Waals surface area contributed by atoms with E-state index in [9.17, 15) is 4.79 Å². The molecule has 1 fully saturated rings. The second-order valence-corrected chi connectivity index (χ2v) is 8.97. The van der Waals surface area contributed by atoms with Crippen LogP contribution in [-0.4, -0.2) is 38.6 Å². The third-order valence-corrected chi connectivity index (χ3v) is 6.58. The van der Waals surface area contributed by atoms with E-state index in [0.717, 1.165) is 61.9 Å². The lowest BCUT2D eigenvalue weighted by molar-refractivity contribution is 0.349. The van der Waals surface area contributed by atoms with Crippen molar-refractivity contribution in [1.29, 1.82) is 0 Å². The number of aromatic nitrogens is 4. The van der Waals surface area contributed by atoms with Crippen LogP contribution in [0.1, 0.15) is 49.6 Å². The van der Waals surface area contributed by atoms with Crippen LogP contribution in [0, 0.1) is 5.92 Å². The van der Waals surface area contributed by atoms with E-state index in [2.05, 4.69) is 40.0 Å². The number of piperidine rings is 1. The van der Waals surface area contributed by atoms with Crippen molar-refractivity contribution < 1.29 is 0 Å². The molecule has 2 aliphatic rings. The molecule has 1 saturated heterocycles. The molecule has 0 spiro atoms. The minimum Gasteiger partial charge on any atom is -0.355 e. The molecule has 144 valence electrons. The number of hydrogen-bond donors (Lipinski definition) is 0. The second-order valence-electron chi connectivity index (χ2n) is 7.87. The molecule has 0 unspecified atom stereocenters. The lowest BCUT2D eigenvalue weighted by Gasteiger charge is -2.33. The van der Waals surface area contributed by atoms with Gasteiger partial charge in [-0.1, -0.05) is 13.8 Å². The third kappa shape index (κ3) is 4.18. The number of fused-ring (bicyclic) bond motifs is 1. The van der Waals surface area contributed by atoms with Gasteiger partial charge in [-0.15, -0.1) is 5.10 Å². The van der Waals surface area contributed by atoms with E-state index in [0.29, 0.717) is 5.92 Å². The SMILES string of the molecule is CC(C)c1cc(=O)n(CC2CCN(c3cc4c(nn3)CCSC4)CC2)cn1. The standard InChI is InChI=1S/C20H27N5OS/c1-14(2)18-10-20(26)25(13-21-18)11-15-3-6-24(7-4-15)19-9-16-12-27-8-5-17(16)22-23-19/h9-10,13-15H,3-8,11-12H2,1-2H3. The minimum atomic E-state index is 0.0641. The molecule has 0 atom stereocenters. The highest BCUT2D eigenvalue weighted by Gasteiger charge is 2.22. The monoisotopic (exact) mass is 385 g/mol. The first kappa shape index (κ1) is 18.5. The first-order chi connectivity index (χ1) is 13.1. The van der Waals surface area contributed by atoms with Crippen LogP contribution >= 0.6 is 11.8 Å². The molecule has 4 rings (SSSR count). The van der Waals surface area contributed by atoms with E-state index >= 15 is 0 Å². The summed E-state index contributed by atoms with van der Waals surface area (Å²) < 4.78 is 1.77. The zero-order valence-corrected chi connectivity index (χ0v) is 16.9. The number of nitrogens with zero attached hydrogens (tertiary/aromatic N) is 5. The van der Waals surface area contributed by atoms with Crippen molar-refractivity contribution in [2.24, 2.45) is 5.92 Å². The van der Waals surface area contributed by atoms with Crippen LogP contribution in [0.25, 0.3) is 0 Å². The quantitative estimate of drug-likeness (QED) is 0.806. The molecule has 6 nitrogen and oxygen atoms in total. The van der Waals surface area contributed by atoms with Crippen LogP contribution in [0.2, 0.25) is 0 Å². The van der Waals surface area contributed by atoms with Crippen molar-refractivity contribution in [1.82, 2.24) is 19.7 Å². The zero-order valence-electron chi connectivity index (χ0n) is 16.1. The van der Waals surface area contributed by atoms with E-state index in [1.165, 1.54) is 11.3 Å². The van der Waals surface area contributed by atoms with Crippen LogP contribution < -0.4 is 10.5 Å². The summed E-state index contributed by atoms with van der Waals surface area (Å²) in [5.41, 5.74) is 3.45. The molecule has 0 saturated carbocycles. The summed E-state index contributed by atoms with van der Waals surface area (Å²) in [5.74, 6) is 4.00. The molecule has 27 heavy (non-hydrogen) atoms. The van der Waals surface area contributed by atoms with E-state index in [4.69, 9.17) is 0 Å². The van der Waals surface area contributed by atoms with Gasteiger partial charge in [0.15, 0.2) is 5.82 Å². The molecule has 2 aliphatic heterocycles. The van der Waals surface area contributed by atoms with Gasteiger partial charge < -0.3 is 4.90 Å². The normalized spacial score (nSPS) is 18.0. The highest BCUT2D eigenvalue weighted by Crippen LogP contribution is 2.27. The molecular formula is C20H27N5OS. The molecule has 0 radical (unpaired) electrons. The number of rotatable bonds is 4. The fraction of sp³-hybridized carbons (Fsp3) is 0.600. The maximum atomic E-state index is 12.3. The second kappa shape index (κ2) is 8.00. The Morgan fingerprint density at radius 3 is 2.78 bits per heavy atom. The number of hydrogen-bond acceptors (Lipinski definition) is 6. The van der Waals surface area contributed by atoms with Gasteiger partial charge in [0.05, 0.1) is 17.7 Å². The minimum absolute atomic E-state index is 0.0641. The zero-order chi connectivity index (χ0) is 18.8. The first-order valence-electron chi connectivity index (χ1n) is 9.84. The Balaban J connectivity index is 1.37. The van der Waals surface area contributed by atoms with Gasteiger partial charge in [-0.05, 0) is 42.1 Å². The summed E-state index contributed by atoms with van der Waals surface area (Å²) in [5, 5.41) is 8.92. The Morgan fingerprint density at radius 1 is 1.22 bits per heavy atom. The molecular weight excluding hydrogens is 358 g/mol. The van der Waals surface area contributed by atoms with Crippen LogP contribution in [0.15, 0.2) is 23.3 Å². The van der Waals surface area contributed by atoms with Gasteiger partial charge in [0.1, 0.15) is 0 Å². The predicted octanol–water partition coefficient (Wildman–Crippen LogP) is 2.86. The average Bonchev–Trinajstić information content (AvgIpc) is 2.69. The lowest BCUT2D eigenvalue weighted by atomic mass is 9.96.